The van der Waals surface area contributed by atoms with Crippen molar-refractivity contribution in [3.8, 4) is 5.75 Å². The second kappa shape index (κ2) is 7.72. The van der Waals surface area contributed by atoms with Crippen LogP contribution in [0.4, 0.5) is 4.79 Å². The van der Waals surface area contributed by atoms with Gasteiger partial charge in [0.15, 0.2) is 0 Å². The summed E-state index contributed by atoms with van der Waals surface area (Å²) in [6.45, 7) is 9.29. The Morgan fingerprint density at radius 3 is 2.73 bits per heavy atom. The first-order valence-corrected chi connectivity index (χ1v) is 10.1. The predicted molar refractivity (Wildman–Crippen MR) is 112 cm³/mol. The molecular weight excluding hydrogens is 387 g/mol. The van der Waals surface area contributed by atoms with Gasteiger partial charge in [0, 0.05) is 18.1 Å². The topological polar surface area (TPSA) is 90.4 Å². The van der Waals surface area contributed by atoms with E-state index in [2.05, 4.69) is 4.98 Å². The van der Waals surface area contributed by atoms with Crippen LogP contribution in [0, 0.1) is 0 Å². The molecule has 3 heterocycles. The van der Waals surface area contributed by atoms with E-state index in [1.165, 1.54) is 4.90 Å². The molecule has 0 bridgehead atoms. The van der Waals surface area contributed by atoms with Gasteiger partial charge in [0.2, 0.25) is 0 Å². The third-order valence-corrected chi connectivity index (χ3v) is 6.06. The van der Waals surface area contributed by atoms with Crippen LogP contribution in [0.2, 0.25) is 0 Å². The Morgan fingerprint density at radius 1 is 1.30 bits per heavy atom. The minimum atomic E-state index is -0.944. The molecule has 4 rings (SSSR count). The van der Waals surface area contributed by atoms with Crippen LogP contribution in [0.3, 0.4) is 0 Å². The summed E-state index contributed by atoms with van der Waals surface area (Å²) in [7, 11) is -0.530. The highest BCUT2D eigenvalue weighted by Gasteiger charge is 2.51. The molecule has 1 aromatic carbocycles. The van der Waals surface area contributed by atoms with E-state index in [1.54, 1.807) is 6.20 Å². The highest BCUT2D eigenvalue weighted by molar-refractivity contribution is 6.62. The Bertz CT molecular complexity index is 934. The summed E-state index contributed by atoms with van der Waals surface area (Å²) in [5, 5.41) is 10.1. The third-order valence-electron chi connectivity index (χ3n) is 6.06. The highest BCUT2D eigenvalue weighted by atomic mass is 16.7. The molecule has 0 aliphatic carbocycles. The maximum atomic E-state index is 11.2. The van der Waals surface area contributed by atoms with E-state index in [4.69, 9.17) is 18.8 Å². The lowest BCUT2D eigenvalue weighted by Crippen LogP contribution is -2.47. The van der Waals surface area contributed by atoms with Gasteiger partial charge in [0.1, 0.15) is 18.5 Å². The molecular formula is C21H27BN2O6. The molecule has 0 radical (unpaired) electrons. The molecule has 1 amide bonds. The van der Waals surface area contributed by atoms with Crippen molar-refractivity contribution < 1.29 is 28.7 Å². The van der Waals surface area contributed by atoms with Crippen LogP contribution in [0.1, 0.15) is 27.7 Å². The number of hydrogen-bond acceptors (Lipinski definition) is 6. The largest absolute Gasteiger partial charge is 0.495 e. The molecule has 2 aromatic rings. The molecule has 2 aliphatic heterocycles. The van der Waals surface area contributed by atoms with Crippen LogP contribution < -0.4 is 10.2 Å². The number of hydrogen-bond donors (Lipinski definition) is 1. The smallest absolute Gasteiger partial charge is 0.490 e. The van der Waals surface area contributed by atoms with Crippen LogP contribution in [0.25, 0.3) is 10.9 Å². The van der Waals surface area contributed by atoms with Crippen molar-refractivity contribution in [1.82, 2.24) is 9.88 Å². The van der Waals surface area contributed by atoms with Gasteiger partial charge in [-0.25, -0.2) is 4.79 Å². The standard InChI is InChI=1S/C21H27BN2O6/c1-20(2)21(3,4)30-22(29-20)14-10-17-16(6-5-7-23-17)18(11-14)28-13-15-12-24(19(25)26)8-9-27-15/h5-7,10-11,15H,8-9,12-13H2,1-4H3,(H,25,26). The van der Waals surface area contributed by atoms with E-state index in [1.807, 2.05) is 52.0 Å². The van der Waals surface area contributed by atoms with Crippen LogP contribution in [-0.2, 0) is 14.0 Å². The van der Waals surface area contributed by atoms with Crippen molar-refractivity contribution in [3.05, 3.63) is 30.5 Å². The number of aromatic nitrogens is 1. The molecule has 1 atom stereocenters. The van der Waals surface area contributed by atoms with Gasteiger partial charge in [-0.15, -0.1) is 0 Å². The average Bonchev–Trinajstić information content (AvgIpc) is 2.93. The van der Waals surface area contributed by atoms with Crippen molar-refractivity contribution in [2.45, 2.75) is 45.0 Å². The number of amides is 1. The molecule has 0 saturated carbocycles. The number of carboxylic acid groups (broad SMARTS) is 1. The number of rotatable bonds is 4. The van der Waals surface area contributed by atoms with Gasteiger partial charge in [-0.3, -0.25) is 4.98 Å². The number of morpholine rings is 1. The monoisotopic (exact) mass is 414 g/mol. The van der Waals surface area contributed by atoms with Crippen molar-refractivity contribution >= 4 is 29.6 Å². The predicted octanol–water partition coefficient (Wildman–Crippen LogP) is 2.29. The number of ether oxygens (including phenoxy) is 2. The molecule has 1 unspecified atom stereocenters. The second-order valence-corrected chi connectivity index (χ2v) is 8.71. The Morgan fingerprint density at radius 2 is 2.03 bits per heavy atom. The normalized spacial score (nSPS) is 23.0. The van der Waals surface area contributed by atoms with Gasteiger partial charge in [-0.2, -0.15) is 0 Å². The number of nitrogens with zero attached hydrogens (tertiary/aromatic N) is 2. The minimum Gasteiger partial charge on any atom is -0.490 e. The molecule has 8 nitrogen and oxygen atoms in total. The van der Waals surface area contributed by atoms with Gasteiger partial charge in [0.25, 0.3) is 0 Å². The molecule has 160 valence electrons. The zero-order valence-corrected chi connectivity index (χ0v) is 17.8. The molecule has 2 fully saturated rings. The van der Waals surface area contributed by atoms with E-state index < -0.39 is 24.4 Å². The average molecular weight is 414 g/mol. The summed E-state index contributed by atoms with van der Waals surface area (Å²) in [5.41, 5.74) is 0.699. The van der Waals surface area contributed by atoms with E-state index in [-0.39, 0.29) is 19.3 Å². The molecule has 2 aliphatic rings. The van der Waals surface area contributed by atoms with Crippen LogP contribution in [0.15, 0.2) is 30.5 Å². The summed E-state index contributed by atoms with van der Waals surface area (Å²) < 4.78 is 24.2. The molecule has 1 aromatic heterocycles. The van der Waals surface area contributed by atoms with E-state index in [9.17, 15) is 9.90 Å². The first-order chi connectivity index (χ1) is 14.2. The molecule has 9 heteroatoms. The maximum Gasteiger partial charge on any atom is 0.495 e. The Hall–Kier alpha value is -2.36. The zero-order chi connectivity index (χ0) is 21.5. The quantitative estimate of drug-likeness (QED) is 0.768. The lowest BCUT2D eigenvalue weighted by atomic mass is 9.78. The Balaban J connectivity index is 1.58. The summed E-state index contributed by atoms with van der Waals surface area (Å²) >= 11 is 0. The molecule has 30 heavy (non-hydrogen) atoms. The number of fused-ring (bicyclic) bond motifs is 1. The lowest BCUT2D eigenvalue weighted by Gasteiger charge is -2.32. The summed E-state index contributed by atoms with van der Waals surface area (Å²) in [4.78, 5) is 17.1. The van der Waals surface area contributed by atoms with Gasteiger partial charge in [0.05, 0.1) is 29.9 Å². The van der Waals surface area contributed by atoms with Crippen LogP contribution >= 0.6 is 0 Å². The maximum absolute atomic E-state index is 11.2. The van der Waals surface area contributed by atoms with Gasteiger partial charge in [-0.05, 0) is 57.4 Å². The van der Waals surface area contributed by atoms with Gasteiger partial charge in [-0.1, -0.05) is 0 Å². The van der Waals surface area contributed by atoms with Gasteiger partial charge >= 0.3 is 13.2 Å². The van der Waals surface area contributed by atoms with Crippen molar-refractivity contribution in [1.29, 1.82) is 0 Å². The van der Waals surface area contributed by atoms with Crippen molar-refractivity contribution in [2.24, 2.45) is 0 Å². The van der Waals surface area contributed by atoms with Crippen molar-refractivity contribution in [2.75, 3.05) is 26.3 Å². The zero-order valence-electron chi connectivity index (χ0n) is 17.8. The SMILES string of the molecule is CC1(C)OB(c2cc(OCC3CN(C(=O)O)CCO3)c3cccnc3c2)OC1(C)C. The van der Waals surface area contributed by atoms with Gasteiger partial charge < -0.3 is 28.8 Å². The number of pyridine rings is 1. The summed E-state index contributed by atoms with van der Waals surface area (Å²) in [6, 6.07) is 7.65. The molecule has 2 saturated heterocycles. The highest BCUT2D eigenvalue weighted by Crippen LogP contribution is 2.37. The second-order valence-electron chi connectivity index (χ2n) is 8.71. The van der Waals surface area contributed by atoms with E-state index in [0.29, 0.717) is 18.9 Å². The number of benzene rings is 1. The third kappa shape index (κ3) is 3.97. The van der Waals surface area contributed by atoms with E-state index in [0.717, 1.165) is 16.4 Å². The van der Waals surface area contributed by atoms with Crippen LogP contribution in [0.5, 0.6) is 5.75 Å². The summed E-state index contributed by atoms with van der Waals surface area (Å²) in [5.74, 6) is 0.640. The van der Waals surface area contributed by atoms with E-state index >= 15 is 0 Å². The fraction of sp³-hybridized carbons (Fsp3) is 0.524. The Labute approximate surface area is 176 Å². The first-order valence-electron chi connectivity index (χ1n) is 10.1. The fourth-order valence-electron chi connectivity index (χ4n) is 3.58. The molecule has 1 N–H and O–H groups in total. The van der Waals surface area contributed by atoms with Crippen molar-refractivity contribution in [3.63, 3.8) is 0 Å². The number of carbonyl (C=O) groups is 1. The fourth-order valence-corrected chi connectivity index (χ4v) is 3.58. The lowest BCUT2D eigenvalue weighted by molar-refractivity contribution is -0.0409. The Kier molecular flexibility index (Phi) is 5.38. The first kappa shape index (κ1) is 20.9. The minimum absolute atomic E-state index is 0.237. The van der Waals surface area contributed by atoms with Crippen LogP contribution in [-0.4, -0.2) is 71.8 Å². The summed E-state index contributed by atoms with van der Waals surface area (Å²) in [6.07, 6.45) is 0.456. The molecule has 0 spiro atoms.